The molecule has 0 unspecified atom stereocenters. The Balaban J connectivity index is 1.61. The van der Waals surface area contributed by atoms with Crippen molar-refractivity contribution in [2.75, 3.05) is 6.61 Å². The van der Waals surface area contributed by atoms with Crippen LogP contribution in [0.3, 0.4) is 0 Å². The standard InChI is InChI=1S/C29H33N5O3/c1-18(2)31-29(37)34-17-22-15-24(28(36)32-23-9-4-10-23)33-27(26(22)25(34)11-13-35)20-7-3-6-19(14-20)21-8-5-12-30-16-21/h3,5-8,12,14-16,18,23,25,35H,4,9-11,13,17H2,1-2H3,(H,31,37)(H,32,36)/t25-/m0/s1. The van der Waals surface area contributed by atoms with Gasteiger partial charge in [-0.1, -0.05) is 24.3 Å². The molecule has 1 aliphatic carbocycles. The first-order valence-electron chi connectivity index (χ1n) is 13.0. The van der Waals surface area contributed by atoms with Gasteiger partial charge in [0.2, 0.25) is 0 Å². The quantitative estimate of drug-likeness (QED) is 0.445. The average molecular weight is 500 g/mol. The molecule has 3 N–H and O–H groups in total. The van der Waals surface area contributed by atoms with Gasteiger partial charge in [-0.15, -0.1) is 0 Å². The summed E-state index contributed by atoms with van der Waals surface area (Å²) in [5, 5.41) is 16.0. The Morgan fingerprint density at radius 2 is 1.89 bits per heavy atom. The lowest BCUT2D eigenvalue weighted by atomic mass is 9.92. The van der Waals surface area contributed by atoms with Crippen LogP contribution >= 0.6 is 0 Å². The van der Waals surface area contributed by atoms with Crippen molar-refractivity contribution in [3.8, 4) is 22.4 Å². The molecule has 1 aliphatic heterocycles. The van der Waals surface area contributed by atoms with Gasteiger partial charge in [0, 0.05) is 54.3 Å². The molecule has 3 amide bonds. The van der Waals surface area contributed by atoms with Crippen molar-refractivity contribution in [1.82, 2.24) is 25.5 Å². The van der Waals surface area contributed by atoms with E-state index in [0.29, 0.717) is 24.4 Å². The van der Waals surface area contributed by atoms with Gasteiger partial charge in [-0.2, -0.15) is 0 Å². The van der Waals surface area contributed by atoms with Crippen molar-refractivity contribution in [1.29, 1.82) is 0 Å². The number of aromatic nitrogens is 2. The number of rotatable bonds is 7. The molecule has 2 aromatic heterocycles. The summed E-state index contributed by atoms with van der Waals surface area (Å²) in [5.74, 6) is -0.194. The Morgan fingerprint density at radius 1 is 1.11 bits per heavy atom. The molecule has 1 aromatic carbocycles. The van der Waals surface area contributed by atoms with Crippen molar-refractivity contribution >= 4 is 11.9 Å². The van der Waals surface area contributed by atoms with E-state index >= 15 is 0 Å². The molecule has 1 atom stereocenters. The minimum absolute atomic E-state index is 0.0245. The Bertz CT molecular complexity index is 1290. The van der Waals surface area contributed by atoms with Crippen LogP contribution in [0.1, 0.15) is 67.2 Å². The smallest absolute Gasteiger partial charge is 0.318 e. The summed E-state index contributed by atoms with van der Waals surface area (Å²) in [6, 6.07) is 13.3. The molecule has 37 heavy (non-hydrogen) atoms. The first-order chi connectivity index (χ1) is 17.9. The number of amides is 3. The summed E-state index contributed by atoms with van der Waals surface area (Å²) in [4.78, 5) is 37.2. The molecule has 0 radical (unpaired) electrons. The summed E-state index contributed by atoms with van der Waals surface area (Å²) in [7, 11) is 0. The highest BCUT2D eigenvalue weighted by atomic mass is 16.3. The third-order valence-electron chi connectivity index (χ3n) is 7.07. The maximum absolute atomic E-state index is 13.2. The number of nitrogens with zero attached hydrogens (tertiary/aromatic N) is 3. The van der Waals surface area contributed by atoms with Crippen LogP contribution in [0.4, 0.5) is 4.79 Å². The highest BCUT2D eigenvalue weighted by Gasteiger charge is 2.37. The molecule has 3 heterocycles. The lowest BCUT2D eigenvalue weighted by Gasteiger charge is -2.27. The van der Waals surface area contributed by atoms with Crippen LogP contribution in [0.2, 0.25) is 0 Å². The zero-order valence-corrected chi connectivity index (χ0v) is 21.3. The van der Waals surface area contributed by atoms with Crippen LogP contribution in [0.5, 0.6) is 0 Å². The lowest BCUT2D eigenvalue weighted by molar-refractivity contribution is 0.0911. The molecule has 2 aliphatic rings. The van der Waals surface area contributed by atoms with E-state index in [0.717, 1.165) is 47.1 Å². The number of hydrogen-bond acceptors (Lipinski definition) is 5. The summed E-state index contributed by atoms with van der Waals surface area (Å²) in [5.41, 5.74) is 5.59. The van der Waals surface area contributed by atoms with Crippen LogP contribution in [0.15, 0.2) is 54.9 Å². The molecular formula is C29H33N5O3. The van der Waals surface area contributed by atoms with Crippen LogP contribution in [-0.2, 0) is 6.54 Å². The molecular weight excluding hydrogens is 466 g/mol. The van der Waals surface area contributed by atoms with Gasteiger partial charge in [-0.05, 0) is 68.9 Å². The molecule has 3 aromatic rings. The normalized spacial score (nSPS) is 16.9. The van der Waals surface area contributed by atoms with Gasteiger partial charge >= 0.3 is 6.03 Å². The maximum atomic E-state index is 13.2. The number of pyridine rings is 2. The minimum Gasteiger partial charge on any atom is -0.396 e. The minimum atomic E-state index is -0.355. The van der Waals surface area contributed by atoms with Crippen molar-refractivity contribution in [2.24, 2.45) is 0 Å². The summed E-state index contributed by atoms with van der Waals surface area (Å²) in [6.45, 7) is 4.11. The number of carbonyl (C=O) groups excluding carboxylic acids is 2. The number of carbonyl (C=O) groups is 2. The molecule has 5 rings (SSSR count). The Labute approximate surface area is 217 Å². The average Bonchev–Trinajstić information content (AvgIpc) is 3.24. The van der Waals surface area contributed by atoms with Gasteiger partial charge in [0.05, 0.1) is 11.7 Å². The highest BCUT2D eigenvalue weighted by molar-refractivity contribution is 5.94. The number of aliphatic hydroxyl groups excluding tert-OH is 1. The van der Waals surface area contributed by atoms with E-state index in [4.69, 9.17) is 4.98 Å². The zero-order valence-electron chi connectivity index (χ0n) is 21.3. The van der Waals surface area contributed by atoms with Gasteiger partial charge in [0.25, 0.3) is 5.91 Å². The Hall–Kier alpha value is -3.78. The number of hydrogen-bond donors (Lipinski definition) is 3. The predicted molar refractivity (Wildman–Crippen MR) is 142 cm³/mol. The van der Waals surface area contributed by atoms with Crippen LogP contribution in [-0.4, -0.2) is 50.6 Å². The fourth-order valence-corrected chi connectivity index (χ4v) is 5.05. The number of aliphatic hydroxyl groups is 1. The van der Waals surface area contributed by atoms with E-state index in [9.17, 15) is 14.7 Å². The number of benzene rings is 1. The molecule has 0 saturated heterocycles. The first kappa shape index (κ1) is 24.9. The summed E-state index contributed by atoms with van der Waals surface area (Å²) >= 11 is 0. The zero-order chi connectivity index (χ0) is 25.9. The van der Waals surface area contributed by atoms with E-state index in [-0.39, 0.29) is 36.7 Å². The largest absolute Gasteiger partial charge is 0.396 e. The third kappa shape index (κ3) is 5.20. The van der Waals surface area contributed by atoms with Gasteiger partial charge in [0.1, 0.15) is 5.69 Å². The lowest BCUT2D eigenvalue weighted by Crippen LogP contribution is -2.42. The van der Waals surface area contributed by atoms with Gasteiger partial charge < -0.3 is 20.6 Å². The van der Waals surface area contributed by atoms with E-state index in [1.54, 1.807) is 11.1 Å². The monoisotopic (exact) mass is 499 g/mol. The molecule has 0 spiro atoms. The van der Waals surface area contributed by atoms with E-state index < -0.39 is 0 Å². The van der Waals surface area contributed by atoms with E-state index in [2.05, 4.69) is 15.6 Å². The van der Waals surface area contributed by atoms with Crippen molar-refractivity contribution in [2.45, 2.75) is 64.2 Å². The number of nitrogens with one attached hydrogen (secondary N) is 2. The molecule has 192 valence electrons. The molecule has 1 fully saturated rings. The van der Waals surface area contributed by atoms with Crippen LogP contribution in [0, 0.1) is 0 Å². The second-order valence-electron chi connectivity index (χ2n) is 10.1. The highest BCUT2D eigenvalue weighted by Crippen LogP contribution is 2.42. The van der Waals surface area contributed by atoms with Crippen molar-refractivity contribution < 1.29 is 14.7 Å². The topological polar surface area (TPSA) is 107 Å². The molecule has 1 saturated carbocycles. The summed E-state index contributed by atoms with van der Waals surface area (Å²) < 4.78 is 0. The Kier molecular flexibility index (Phi) is 7.19. The first-order valence-corrected chi connectivity index (χ1v) is 13.0. The second-order valence-corrected chi connectivity index (χ2v) is 10.1. The summed E-state index contributed by atoms with van der Waals surface area (Å²) in [6.07, 6.45) is 7.02. The van der Waals surface area contributed by atoms with E-state index in [1.165, 1.54) is 0 Å². The third-order valence-corrected chi connectivity index (χ3v) is 7.07. The van der Waals surface area contributed by atoms with E-state index in [1.807, 2.05) is 62.5 Å². The fraction of sp³-hybridized carbons (Fsp3) is 0.379. The second kappa shape index (κ2) is 10.7. The van der Waals surface area contributed by atoms with Gasteiger partial charge in [-0.25, -0.2) is 9.78 Å². The van der Waals surface area contributed by atoms with Crippen molar-refractivity contribution in [3.63, 3.8) is 0 Å². The molecule has 8 nitrogen and oxygen atoms in total. The predicted octanol–water partition coefficient (Wildman–Crippen LogP) is 4.45. The Morgan fingerprint density at radius 3 is 2.57 bits per heavy atom. The molecule has 0 bridgehead atoms. The number of urea groups is 1. The van der Waals surface area contributed by atoms with Gasteiger partial charge in [0.15, 0.2) is 0 Å². The maximum Gasteiger partial charge on any atom is 0.318 e. The van der Waals surface area contributed by atoms with Crippen LogP contribution in [0.25, 0.3) is 22.4 Å². The van der Waals surface area contributed by atoms with Gasteiger partial charge in [-0.3, -0.25) is 9.78 Å². The van der Waals surface area contributed by atoms with Crippen LogP contribution < -0.4 is 10.6 Å². The fourth-order valence-electron chi connectivity index (χ4n) is 5.05. The van der Waals surface area contributed by atoms with Crippen molar-refractivity contribution in [3.05, 3.63) is 71.7 Å². The number of fused-ring (bicyclic) bond motifs is 1. The SMILES string of the molecule is CC(C)NC(=O)N1Cc2cc(C(=O)NC3CCC3)nc(-c3cccc(-c4cccnc4)c3)c2[C@@H]1CCO. The molecule has 8 heteroatoms.